The second-order valence-corrected chi connectivity index (χ2v) is 7.25. The summed E-state index contributed by atoms with van der Waals surface area (Å²) in [6, 6.07) is 4.06. The summed E-state index contributed by atoms with van der Waals surface area (Å²) in [5.74, 6) is -2.20. The van der Waals surface area contributed by atoms with Crippen LogP contribution in [-0.2, 0) is 14.3 Å². The van der Waals surface area contributed by atoms with E-state index < -0.39 is 17.9 Å². The van der Waals surface area contributed by atoms with E-state index in [0.717, 1.165) is 0 Å². The van der Waals surface area contributed by atoms with E-state index in [1.807, 2.05) is 0 Å². The molecule has 0 radical (unpaired) electrons. The van der Waals surface area contributed by atoms with Gasteiger partial charge in [-0.2, -0.15) is 0 Å². The molecule has 2 aromatic rings. The number of amides is 2. The van der Waals surface area contributed by atoms with Gasteiger partial charge >= 0.3 is 5.97 Å². The molecule has 1 atom stereocenters. The van der Waals surface area contributed by atoms with Crippen molar-refractivity contribution >= 4 is 35.1 Å². The number of aromatic amines is 1. The van der Waals surface area contributed by atoms with Gasteiger partial charge in [0, 0.05) is 35.8 Å². The number of nitrogens with one attached hydrogen (secondary N) is 3. The van der Waals surface area contributed by atoms with Crippen molar-refractivity contribution in [1.82, 2.24) is 10.3 Å². The van der Waals surface area contributed by atoms with E-state index in [9.17, 15) is 18.8 Å². The van der Waals surface area contributed by atoms with Crippen molar-refractivity contribution in [2.24, 2.45) is 0 Å². The number of aliphatic carboxylic acids is 1. The van der Waals surface area contributed by atoms with Gasteiger partial charge in [0.1, 0.15) is 5.82 Å². The van der Waals surface area contributed by atoms with Crippen molar-refractivity contribution < 1.29 is 28.6 Å². The topological polar surface area (TPSA) is 121 Å². The van der Waals surface area contributed by atoms with Crippen molar-refractivity contribution in [2.75, 3.05) is 18.5 Å². The fourth-order valence-electron chi connectivity index (χ4n) is 3.62. The first-order chi connectivity index (χ1) is 14.7. The summed E-state index contributed by atoms with van der Waals surface area (Å²) >= 11 is 0. The summed E-state index contributed by atoms with van der Waals surface area (Å²) in [5, 5.41) is 14.4. The largest absolute Gasteiger partial charge is 0.481 e. The van der Waals surface area contributed by atoms with Gasteiger partial charge < -0.3 is 25.5 Å². The van der Waals surface area contributed by atoms with Crippen LogP contribution in [0.5, 0.6) is 0 Å². The number of carbonyl (C=O) groups is 3. The molecule has 1 aromatic carbocycles. The smallest absolute Gasteiger partial charge is 0.306 e. The van der Waals surface area contributed by atoms with Crippen LogP contribution in [0, 0.1) is 19.7 Å². The molecule has 164 valence electrons. The summed E-state index contributed by atoms with van der Waals surface area (Å²) in [6.07, 6.45) is 0.732. The van der Waals surface area contributed by atoms with Crippen LogP contribution in [0.4, 0.5) is 10.1 Å². The lowest BCUT2D eigenvalue weighted by Crippen LogP contribution is -2.35. The Kier molecular flexibility index (Phi) is 6.55. The Bertz CT molecular complexity index is 1070. The van der Waals surface area contributed by atoms with Gasteiger partial charge in [-0.05, 0) is 50.6 Å². The number of carbonyl (C=O) groups excluding carboxylic acids is 2. The van der Waals surface area contributed by atoms with E-state index >= 15 is 0 Å². The maximum Gasteiger partial charge on any atom is 0.306 e. The van der Waals surface area contributed by atoms with Gasteiger partial charge in [0.25, 0.3) is 11.8 Å². The Morgan fingerprint density at radius 1 is 1.32 bits per heavy atom. The van der Waals surface area contributed by atoms with Crippen LogP contribution in [0.25, 0.3) is 11.6 Å². The molecule has 1 aromatic heterocycles. The molecular formula is C22H24FN3O5. The number of hydrogen-bond acceptors (Lipinski definition) is 4. The minimum atomic E-state index is -1.01. The summed E-state index contributed by atoms with van der Waals surface area (Å²) in [4.78, 5) is 39.2. The number of halogens is 1. The molecule has 8 nitrogen and oxygen atoms in total. The number of fused-ring (bicyclic) bond motifs is 1. The first-order valence-electron chi connectivity index (χ1n) is 9.85. The van der Waals surface area contributed by atoms with Gasteiger partial charge in [0.05, 0.1) is 23.7 Å². The molecule has 1 aliphatic heterocycles. The average Bonchev–Trinajstić information content (AvgIpc) is 3.15. The molecule has 4 N–H and O–H groups in total. The van der Waals surface area contributed by atoms with E-state index in [0.29, 0.717) is 45.9 Å². The summed E-state index contributed by atoms with van der Waals surface area (Å²) in [6.45, 7) is 5.59. The van der Waals surface area contributed by atoms with Crippen molar-refractivity contribution in [3.63, 3.8) is 0 Å². The number of anilines is 1. The van der Waals surface area contributed by atoms with Gasteiger partial charge in [-0.25, -0.2) is 4.39 Å². The molecule has 9 heteroatoms. The molecule has 0 aliphatic carbocycles. The maximum absolute atomic E-state index is 13.7. The lowest BCUT2D eigenvalue weighted by atomic mass is 10.0. The summed E-state index contributed by atoms with van der Waals surface area (Å²) in [5.41, 5.74) is 3.43. The Morgan fingerprint density at radius 3 is 2.74 bits per heavy atom. The molecule has 0 spiro atoms. The van der Waals surface area contributed by atoms with Crippen LogP contribution in [0.3, 0.4) is 0 Å². The minimum absolute atomic E-state index is 0.0501. The van der Waals surface area contributed by atoms with Gasteiger partial charge in [-0.3, -0.25) is 14.4 Å². The van der Waals surface area contributed by atoms with Crippen molar-refractivity contribution in [1.29, 1.82) is 0 Å². The molecule has 3 rings (SSSR count). The summed E-state index contributed by atoms with van der Waals surface area (Å²) < 4.78 is 19.0. The maximum atomic E-state index is 13.7. The van der Waals surface area contributed by atoms with Crippen LogP contribution in [-0.4, -0.2) is 47.1 Å². The fraction of sp³-hybridized carbons (Fsp3) is 0.318. The molecule has 1 aliphatic rings. The quantitative estimate of drug-likeness (QED) is 0.481. The lowest BCUT2D eigenvalue weighted by Gasteiger charge is -2.16. The molecule has 0 saturated heterocycles. The predicted octanol–water partition coefficient (Wildman–Crippen LogP) is 2.87. The second-order valence-electron chi connectivity index (χ2n) is 7.25. The summed E-state index contributed by atoms with van der Waals surface area (Å²) in [7, 11) is 0. The molecule has 0 saturated carbocycles. The van der Waals surface area contributed by atoms with E-state index in [-0.39, 0.29) is 24.8 Å². The van der Waals surface area contributed by atoms with Crippen LogP contribution in [0.1, 0.15) is 46.2 Å². The predicted molar refractivity (Wildman–Crippen MR) is 113 cm³/mol. The third-order valence-electron chi connectivity index (χ3n) is 5.05. The Balaban J connectivity index is 1.84. The molecule has 31 heavy (non-hydrogen) atoms. The monoisotopic (exact) mass is 429 g/mol. The molecular weight excluding hydrogens is 405 g/mol. The third kappa shape index (κ3) is 4.83. The first kappa shape index (κ1) is 22.2. The van der Waals surface area contributed by atoms with E-state index in [2.05, 4.69) is 15.6 Å². The fourth-order valence-corrected chi connectivity index (χ4v) is 3.62. The highest BCUT2D eigenvalue weighted by Gasteiger charge is 2.26. The number of carboxylic acids is 1. The number of ether oxygens (including phenoxy) is 1. The van der Waals surface area contributed by atoms with Crippen molar-refractivity contribution in [3.8, 4) is 0 Å². The number of H-pyrrole nitrogens is 1. The second kappa shape index (κ2) is 9.13. The number of aryl methyl sites for hydroxylation is 1. The zero-order valence-electron chi connectivity index (χ0n) is 17.5. The zero-order chi connectivity index (χ0) is 22.7. The van der Waals surface area contributed by atoms with Gasteiger partial charge in [-0.15, -0.1) is 0 Å². The number of rotatable bonds is 8. The van der Waals surface area contributed by atoms with E-state index in [1.165, 1.54) is 18.2 Å². The number of carboxylic acid groups (broad SMARTS) is 1. The zero-order valence-corrected chi connectivity index (χ0v) is 17.5. The van der Waals surface area contributed by atoms with Gasteiger partial charge in [0.15, 0.2) is 0 Å². The lowest BCUT2D eigenvalue weighted by molar-refractivity contribution is -0.140. The Labute approximate surface area is 178 Å². The highest BCUT2D eigenvalue weighted by atomic mass is 19.1. The molecule has 0 bridgehead atoms. The standard InChI is InChI=1S/C22H24FN3O5/c1-4-31-14(8-19(27)28)10-24-22(30)20-11(2)18(25-12(20)3)9-16-15-7-13(23)5-6-17(15)26-21(16)29/h5-7,9,14,25H,4,8,10H2,1-3H3,(H,24,30)(H,26,29)(H,27,28). The van der Waals surface area contributed by atoms with Crippen LogP contribution < -0.4 is 10.6 Å². The van der Waals surface area contributed by atoms with Gasteiger partial charge in [-0.1, -0.05) is 0 Å². The average molecular weight is 429 g/mol. The van der Waals surface area contributed by atoms with Crippen LogP contribution in [0.2, 0.25) is 0 Å². The van der Waals surface area contributed by atoms with E-state index in [1.54, 1.807) is 26.8 Å². The van der Waals surface area contributed by atoms with Crippen molar-refractivity contribution in [2.45, 2.75) is 33.3 Å². The third-order valence-corrected chi connectivity index (χ3v) is 5.05. The normalized spacial score (nSPS) is 15.0. The Morgan fingerprint density at radius 2 is 2.06 bits per heavy atom. The van der Waals surface area contributed by atoms with Crippen LogP contribution >= 0.6 is 0 Å². The minimum Gasteiger partial charge on any atom is -0.481 e. The molecule has 0 fully saturated rings. The number of aromatic nitrogens is 1. The first-order valence-corrected chi connectivity index (χ1v) is 9.85. The Hall–Kier alpha value is -3.46. The van der Waals surface area contributed by atoms with E-state index in [4.69, 9.17) is 9.84 Å². The number of hydrogen-bond donors (Lipinski definition) is 4. The van der Waals surface area contributed by atoms with Crippen LogP contribution in [0.15, 0.2) is 18.2 Å². The molecule has 1 unspecified atom stereocenters. The number of benzene rings is 1. The molecule has 2 heterocycles. The highest BCUT2D eigenvalue weighted by molar-refractivity contribution is 6.34. The highest BCUT2D eigenvalue weighted by Crippen LogP contribution is 2.34. The molecule has 2 amide bonds. The van der Waals surface area contributed by atoms with Crippen molar-refractivity contribution in [3.05, 3.63) is 52.1 Å². The van der Waals surface area contributed by atoms with Gasteiger partial charge in [0.2, 0.25) is 0 Å². The SMILES string of the molecule is CCOC(CNC(=O)c1c(C)[nH]c(C=C2C(=O)Nc3ccc(F)cc32)c1C)CC(=O)O.